The standard InChI is InChI=1S/C12H24N2OS/c1-4-6-11-13-9-12(15)14(11)10(3)7-8-16-5-2/h10-11,13H,4-9H2,1-3H3. The average molecular weight is 244 g/mol. The number of rotatable bonds is 7. The Morgan fingerprint density at radius 3 is 2.94 bits per heavy atom. The Hall–Kier alpha value is -0.220. The summed E-state index contributed by atoms with van der Waals surface area (Å²) in [6.07, 6.45) is 3.57. The van der Waals surface area contributed by atoms with E-state index < -0.39 is 0 Å². The Morgan fingerprint density at radius 2 is 2.31 bits per heavy atom. The van der Waals surface area contributed by atoms with Crippen LogP contribution in [0, 0.1) is 0 Å². The van der Waals surface area contributed by atoms with Gasteiger partial charge in [-0.05, 0) is 31.3 Å². The Morgan fingerprint density at radius 1 is 1.56 bits per heavy atom. The number of nitrogens with zero attached hydrogens (tertiary/aromatic N) is 1. The zero-order valence-corrected chi connectivity index (χ0v) is 11.5. The molecule has 2 atom stereocenters. The van der Waals surface area contributed by atoms with Crippen LogP contribution in [0.15, 0.2) is 0 Å². The van der Waals surface area contributed by atoms with Crippen molar-refractivity contribution >= 4 is 17.7 Å². The monoisotopic (exact) mass is 244 g/mol. The molecule has 1 N–H and O–H groups in total. The molecular weight excluding hydrogens is 220 g/mol. The van der Waals surface area contributed by atoms with Crippen LogP contribution in [0.2, 0.25) is 0 Å². The molecule has 0 bridgehead atoms. The Balaban J connectivity index is 2.43. The Kier molecular flexibility index (Phi) is 6.21. The van der Waals surface area contributed by atoms with Gasteiger partial charge < -0.3 is 4.90 Å². The third-order valence-electron chi connectivity index (χ3n) is 3.03. The molecule has 1 saturated heterocycles. The predicted octanol–water partition coefficient (Wildman–Crippen LogP) is 2.08. The van der Waals surface area contributed by atoms with Crippen molar-refractivity contribution in [3.8, 4) is 0 Å². The van der Waals surface area contributed by atoms with Crippen molar-refractivity contribution in [3.63, 3.8) is 0 Å². The van der Waals surface area contributed by atoms with Crippen molar-refractivity contribution in [2.75, 3.05) is 18.1 Å². The zero-order chi connectivity index (χ0) is 12.0. The Bertz CT molecular complexity index is 223. The van der Waals surface area contributed by atoms with E-state index in [9.17, 15) is 4.79 Å². The van der Waals surface area contributed by atoms with Gasteiger partial charge >= 0.3 is 0 Å². The van der Waals surface area contributed by atoms with E-state index in [0.29, 0.717) is 12.6 Å². The van der Waals surface area contributed by atoms with E-state index in [4.69, 9.17) is 0 Å². The van der Waals surface area contributed by atoms with Crippen molar-refractivity contribution in [1.82, 2.24) is 10.2 Å². The first-order chi connectivity index (χ1) is 7.70. The zero-order valence-electron chi connectivity index (χ0n) is 10.7. The highest BCUT2D eigenvalue weighted by atomic mass is 32.2. The summed E-state index contributed by atoms with van der Waals surface area (Å²) in [7, 11) is 0. The van der Waals surface area contributed by atoms with E-state index in [2.05, 4.69) is 31.0 Å². The molecule has 0 aromatic rings. The first-order valence-corrected chi connectivity index (χ1v) is 7.48. The number of carbonyl (C=O) groups excluding carboxylic acids is 1. The minimum absolute atomic E-state index is 0.271. The van der Waals surface area contributed by atoms with Gasteiger partial charge in [-0.2, -0.15) is 11.8 Å². The fourth-order valence-corrected chi connectivity index (χ4v) is 2.97. The van der Waals surface area contributed by atoms with Gasteiger partial charge in [-0.25, -0.2) is 0 Å². The first-order valence-electron chi connectivity index (χ1n) is 6.33. The van der Waals surface area contributed by atoms with Crippen LogP contribution in [0.4, 0.5) is 0 Å². The molecule has 2 unspecified atom stereocenters. The molecule has 0 radical (unpaired) electrons. The van der Waals surface area contributed by atoms with Crippen LogP contribution >= 0.6 is 11.8 Å². The average Bonchev–Trinajstić information content (AvgIpc) is 2.61. The van der Waals surface area contributed by atoms with Crippen LogP contribution < -0.4 is 5.32 Å². The molecular formula is C12H24N2OS. The molecule has 94 valence electrons. The molecule has 1 amide bonds. The van der Waals surface area contributed by atoms with Gasteiger partial charge in [0.05, 0.1) is 12.7 Å². The van der Waals surface area contributed by atoms with Gasteiger partial charge in [0.25, 0.3) is 0 Å². The normalized spacial score (nSPS) is 22.8. The number of amides is 1. The van der Waals surface area contributed by atoms with Gasteiger partial charge in [0.15, 0.2) is 0 Å². The highest BCUT2D eigenvalue weighted by Gasteiger charge is 2.32. The quantitative estimate of drug-likeness (QED) is 0.696. The number of thioether (sulfide) groups is 1. The lowest BCUT2D eigenvalue weighted by Crippen LogP contribution is -2.43. The fraction of sp³-hybridized carbons (Fsp3) is 0.917. The van der Waals surface area contributed by atoms with Crippen molar-refractivity contribution in [2.45, 2.75) is 52.2 Å². The third-order valence-corrected chi connectivity index (χ3v) is 3.97. The third kappa shape index (κ3) is 3.67. The van der Waals surface area contributed by atoms with Gasteiger partial charge in [-0.3, -0.25) is 10.1 Å². The van der Waals surface area contributed by atoms with Crippen LogP contribution in [0.5, 0.6) is 0 Å². The van der Waals surface area contributed by atoms with Crippen LogP contribution in [0.3, 0.4) is 0 Å². The molecule has 0 aromatic heterocycles. The lowest BCUT2D eigenvalue weighted by molar-refractivity contribution is -0.130. The molecule has 4 heteroatoms. The van der Waals surface area contributed by atoms with Crippen LogP contribution in [-0.2, 0) is 4.79 Å². The van der Waals surface area contributed by atoms with E-state index in [-0.39, 0.29) is 12.1 Å². The summed E-state index contributed by atoms with van der Waals surface area (Å²) in [6.45, 7) is 7.04. The summed E-state index contributed by atoms with van der Waals surface area (Å²) in [5.74, 6) is 2.59. The summed E-state index contributed by atoms with van der Waals surface area (Å²) in [5.41, 5.74) is 0. The molecule has 0 aromatic carbocycles. The second-order valence-corrected chi connectivity index (χ2v) is 5.71. The minimum Gasteiger partial charge on any atom is -0.323 e. The van der Waals surface area contributed by atoms with Crippen molar-refractivity contribution < 1.29 is 4.79 Å². The maximum atomic E-state index is 11.8. The molecule has 0 spiro atoms. The Labute approximate surface area is 103 Å². The van der Waals surface area contributed by atoms with Gasteiger partial charge in [-0.1, -0.05) is 20.3 Å². The van der Waals surface area contributed by atoms with Gasteiger partial charge in [-0.15, -0.1) is 0 Å². The maximum absolute atomic E-state index is 11.8. The SMILES string of the molecule is CCCC1NCC(=O)N1C(C)CCSCC. The lowest BCUT2D eigenvalue weighted by atomic mass is 10.2. The molecule has 0 saturated carbocycles. The number of carbonyl (C=O) groups is 1. The predicted molar refractivity (Wildman–Crippen MR) is 70.6 cm³/mol. The number of hydrogen-bond acceptors (Lipinski definition) is 3. The molecule has 1 aliphatic rings. The summed E-state index contributed by atoms with van der Waals surface area (Å²) in [4.78, 5) is 13.8. The smallest absolute Gasteiger partial charge is 0.238 e. The largest absolute Gasteiger partial charge is 0.323 e. The minimum atomic E-state index is 0.271. The summed E-state index contributed by atoms with van der Waals surface area (Å²) in [6, 6.07) is 0.373. The van der Waals surface area contributed by atoms with E-state index in [1.54, 1.807) is 0 Å². The summed E-state index contributed by atoms with van der Waals surface area (Å²) in [5, 5.41) is 3.30. The topological polar surface area (TPSA) is 32.3 Å². The van der Waals surface area contributed by atoms with Crippen molar-refractivity contribution in [2.24, 2.45) is 0 Å². The molecule has 1 rings (SSSR count). The van der Waals surface area contributed by atoms with Gasteiger partial charge in [0.2, 0.25) is 5.91 Å². The van der Waals surface area contributed by atoms with Gasteiger partial charge in [0, 0.05) is 6.04 Å². The molecule has 1 heterocycles. The number of nitrogens with one attached hydrogen (secondary N) is 1. The van der Waals surface area contributed by atoms with Crippen LogP contribution in [-0.4, -0.2) is 41.1 Å². The first kappa shape index (κ1) is 13.8. The highest BCUT2D eigenvalue weighted by Crippen LogP contribution is 2.18. The molecule has 16 heavy (non-hydrogen) atoms. The highest BCUT2D eigenvalue weighted by molar-refractivity contribution is 7.99. The van der Waals surface area contributed by atoms with E-state index in [0.717, 1.165) is 30.8 Å². The van der Waals surface area contributed by atoms with E-state index in [1.807, 2.05) is 11.8 Å². The van der Waals surface area contributed by atoms with Crippen LogP contribution in [0.1, 0.15) is 40.0 Å². The van der Waals surface area contributed by atoms with Crippen LogP contribution in [0.25, 0.3) is 0 Å². The van der Waals surface area contributed by atoms with E-state index >= 15 is 0 Å². The summed E-state index contributed by atoms with van der Waals surface area (Å²) < 4.78 is 0. The van der Waals surface area contributed by atoms with Crippen molar-refractivity contribution in [1.29, 1.82) is 0 Å². The number of hydrogen-bond donors (Lipinski definition) is 1. The molecule has 1 aliphatic heterocycles. The van der Waals surface area contributed by atoms with E-state index in [1.165, 1.54) is 0 Å². The second kappa shape index (κ2) is 7.17. The lowest BCUT2D eigenvalue weighted by Gasteiger charge is -2.30. The fourth-order valence-electron chi connectivity index (χ4n) is 2.17. The van der Waals surface area contributed by atoms with Crippen molar-refractivity contribution in [3.05, 3.63) is 0 Å². The molecule has 1 fully saturated rings. The molecule has 0 aliphatic carbocycles. The van der Waals surface area contributed by atoms with Gasteiger partial charge in [0.1, 0.15) is 0 Å². The summed E-state index contributed by atoms with van der Waals surface area (Å²) >= 11 is 1.95. The molecule has 3 nitrogen and oxygen atoms in total. The maximum Gasteiger partial charge on any atom is 0.238 e. The second-order valence-electron chi connectivity index (χ2n) is 4.32.